The maximum absolute atomic E-state index is 12.5. The van der Waals surface area contributed by atoms with Gasteiger partial charge in [0.25, 0.3) is 6.43 Å². The van der Waals surface area contributed by atoms with Crippen molar-refractivity contribution < 1.29 is 31.9 Å². The van der Waals surface area contributed by atoms with Crippen molar-refractivity contribution in [2.75, 3.05) is 0 Å². The van der Waals surface area contributed by atoms with E-state index >= 15 is 0 Å². The summed E-state index contributed by atoms with van der Waals surface area (Å²) in [5.74, 6) is -1.90. The van der Waals surface area contributed by atoms with E-state index in [2.05, 4.69) is 20.9 Å². The predicted octanol–water partition coefficient (Wildman–Crippen LogP) is 3.50. The molecule has 0 saturated carbocycles. The Kier molecular flexibility index (Phi) is 3.70. The second-order valence-corrected chi connectivity index (χ2v) is 3.61. The second-order valence-electron chi connectivity index (χ2n) is 2.85. The minimum absolute atomic E-state index is 0.448. The van der Waals surface area contributed by atoms with E-state index < -0.39 is 39.9 Å². The molecule has 1 rings (SSSR count). The Bertz CT molecular complexity index is 460. The fraction of sp³-hybridized carbons (Fsp3) is 0.250. The van der Waals surface area contributed by atoms with Gasteiger partial charge in [0.1, 0.15) is 4.60 Å². The van der Waals surface area contributed by atoms with Crippen LogP contribution < -0.4 is 0 Å². The molecule has 0 aromatic carbocycles. The molecule has 1 heterocycles. The number of hydrogen-bond donors (Lipinski definition) is 1. The number of pyridine rings is 1. The van der Waals surface area contributed by atoms with Crippen LogP contribution in [0, 0.1) is 0 Å². The average Bonchev–Trinajstić information content (AvgIpc) is 2.14. The summed E-state index contributed by atoms with van der Waals surface area (Å²) >= 11 is 2.38. The van der Waals surface area contributed by atoms with Gasteiger partial charge in [0.2, 0.25) is 0 Å². The molecular weight excluding hydrogens is 317 g/mol. The van der Waals surface area contributed by atoms with Gasteiger partial charge in [0.15, 0.2) is 0 Å². The summed E-state index contributed by atoms with van der Waals surface area (Å²) in [4.78, 5) is 13.7. The van der Waals surface area contributed by atoms with Gasteiger partial charge in [-0.05, 0) is 15.9 Å². The fourth-order valence-corrected chi connectivity index (χ4v) is 1.71. The van der Waals surface area contributed by atoms with Crippen LogP contribution in [0.3, 0.4) is 0 Å². The van der Waals surface area contributed by atoms with Gasteiger partial charge in [-0.25, -0.2) is 18.6 Å². The van der Waals surface area contributed by atoms with E-state index in [1.807, 2.05) is 0 Å². The summed E-state index contributed by atoms with van der Waals surface area (Å²) < 4.78 is 61.8. The zero-order valence-electron chi connectivity index (χ0n) is 7.73. The topological polar surface area (TPSA) is 50.2 Å². The Hall–Kier alpha value is -1.25. The molecule has 0 bridgehead atoms. The zero-order chi connectivity index (χ0) is 13.4. The molecule has 0 fully saturated rings. The Morgan fingerprint density at radius 2 is 1.94 bits per heavy atom. The summed E-state index contributed by atoms with van der Waals surface area (Å²) in [5.41, 5.74) is -4.53. The van der Waals surface area contributed by atoms with E-state index in [9.17, 15) is 26.7 Å². The summed E-state index contributed by atoms with van der Waals surface area (Å²) in [6.07, 6.45) is -8.25. The van der Waals surface area contributed by atoms with Gasteiger partial charge >= 0.3 is 12.1 Å². The molecule has 0 spiro atoms. The van der Waals surface area contributed by atoms with Crippen molar-refractivity contribution in [2.45, 2.75) is 12.6 Å². The first-order chi connectivity index (χ1) is 7.66. The lowest BCUT2D eigenvalue weighted by Crippen LogP contribution is -2.16. The molecule has 0 amide bonds. The zero-order valence-corrected chi connectivity index (χ0v) is 9.31. The number of aromatic carboxylic acids is 1. The molecule has 1 N–H and O–H groups in total. The van der Waals surface area contributed by atoms with Crippen LogP contribution in [-0.2, 0) is 6.18 Å². The predicted molar refractivity (Wildman–Crippen MR) is 48.9 cm³/mol. The van der Waals surface area contributed by atoms with Gasteiger partial charge in [0, 0.05) is 11.8 Å². The number of nitrogens with zero attached hydrogens (tertiary/aromatic N) is 1. The number of aromatic nitrogens is 1. The first-order valence-corrected chi connectivity index (χ1v) is 4.72. The third kappa shape index (κ3) is 2.71. The molecule has 1 aromatic heterocycles. The maximum atomic E-state index is 12.5. The summed E-state index contributed by atoms with van der Waals surface area (Å²) in [6, 6.07) is 0. The molecule has 3 nitrogen and oxygen atoms in total. The summed E-state index contributed by atoms with van der Waals surface area (Å²) in [5, 5.41) is 8.54. The van der Waals surface area contributed by atoms with E-state index in [0.717, 1.165) is 0 Å². The number of rotatable bonds is 2. The molecule has 0 aliphatic heterocycles. The molecule has 0 atom stereocenters. The molecular formula is C8H3BrF5NO2. The van der Waals surface area contributed by atoms with Crippen LogP contribution in [0.15, 0.2) is 10.8 Å². The molecule has 94 valence electrons. The highest BCUT2D eigenvalue weighted by atomic mass is 79.9. The average molecular weight is 320 g/mol. The lowest BCUT2D eigenvalue weighted by Gasteiger charge is -2.15. The number of alkyl halides is 5. The van der Waals surface area contributed by atoms with Crippen molar-refractivity contribution in [2.24, 2.45) is 0 Å². The first kappa shape index (κ1) is 13.8. The standard InChI is InChI=1S/C8H3BrF5NO2/c9-5-4(8(12,13)14)3(6(10)11)2(1-15-5)7(16)17/h1,6H,(H,16,17). The molecule has 0 unspecified atom stereocenters. The van der Waals surface area contributed by atoms with Crippen LogP contribution in [0.5, 0.6) is 0 Å². The number of halogens is 6. The highest BCUT2D eigenvalue weighted by Crippen LogP contribution is 2.41. The molecule has 0 aliphatic rings. The van der Waals surface area contributed by atoms with E-state index in [1.54, 1.807) is 0 Å². The van der Waals surface area contributed by atoms with Crippen LogP contribution in [0.25, 0.3) is 0 Å². The van der Waals surface area contributed by atoms with Crippen LogP contribution in [0.4, 0.5) is 22.0 Å². The van der Waals surface area contributed by atoms with Crippen LogP contribution in [0.2, 0.25) is 0 Å². The quantitative estimate of drug-likeness (QED) is 0.670. The van der Waals surface area contributed by atoms with E-state index in [1.165, 1.54) is 0 Å². The maximum Gasteiger partial charge on any atom is 0.419 e. The van der Waals surface area contributed by atoms with Gasteiger partial charge in [0.05, 0.1) is 11.1 Å². The number of carboxylic acid groups (broad SMARTS) is 1. The molecule has 0 saturated heterocycles. The minimum Gasteiger partial charge on any atom is -0.478 e. The van der Waals surface area contributed by atoms with Crippen molar-refractivity contribution in [3.05, 3.63) is 27.5 Å². The highest BCUT2D eigenvalue weighted by Gasteiger charge is 2.41. The number of carbonyl (C=O) groups is 1. The van der Waals surface area contributed by atoms with Crippen molar-refractivity contribution >= 4 is 21.9 Å². The summed E-state index contributed by atoms with van der Waals surface area (Å²) in [6.45, 7) is 0. The van der Waals surface area contributed by atoms with Gasteiger partial charge < -0.3 is 5.11 Å². The van der Waals surface area contributed by atoms with Crippen LogP contribution in [-0.4, -0.2) is 16.1 Å². The van der Waals surface area contributed by atoms with E-state index in [4.69, 9.17) is 5.11 Å². The normalized spacial score (nSPS) is 11.9. The first-order valence-electron chi connectivity index (χ1n) is 3.93. The van der Waals surface area contributed by atoms with Gasteiger partial charge in [-0.15, -0.1) is 0 Å². The third-order valence-electron chi connectivity index (χ3n) is 1.80. The van der Waals surface area contributed by atoms with E-state index in [-0.39, 0.29) is 0 Å². The van der Waals surface area contributed by atoms with Crippen molar-refractivity contribution in [1.29, 1.82) is 0 Å². The molecule has 0 radical (unpaired) electrons. The fourth-order valence-electron chi connectivity index (χ4n) is 1.17. The van der Waals surface area contributed by atoms with Gasteiger partial charge in [-0.2, -0.15) is 13.2 Å². The largest absolute Gasteiger partial charge is 0.478 e. The van der Waals surface area contributed by atoms with Crippen molar-refractivity contribution in [3.63, 3.8) is 0 Å². The third-order valence-corrected chi connectivity index (χ3v) is 2.41. The number of carboxylic acids is 1. The second kappa shape index (κ2) is 4.55. The lowest BCUT2D eigenvalue weighted by atomic mass is 10.0. The Balaban J connectivity index is 3.67. The van der Waals surface area contributed by atoms with Gasteiger partial charge in [-0.3, -0.25) is 0 Å². The lowest BCUT2D eigenvalue weighted by molar-refractivity contribution is -0.140. The molecule has 17 heavy (non-hydrogen) atoms. The van der Waals surface area contributed by atoms with E-state index in [0.29, 0.717) is 6.20 Å². The summed E-state index contributed by atoms with van der Waals surface area (Å²) in [7, 11) is 0. The highest BCUT2D eigenvalue weighted by molar-refractivity contribution is 9.10. The number of hydrogen-bond acceptors (Lipinski definition) is 2. The van der Waals surface area contributed by atoms with Crippen molar-refractivity contribution in [1.82, 2.24) is 4.98 Å². The Morgan fingerprint density at radius 1 is 1.41 bits per heavy atom. The SMILES string of the molecule is O=C(O)c1cnc(Br)c(C(F)(F)F)c1C(F)F. The smallest absolute Gasteiger partial charge is 0.419 e. The monoisotopic (exact) mass is 319 g/mol. The molecule has 9 heteroatoms. The Morgan fingerprint density at radius 3 is 2.29 bits per heavy atom. The molecule has 1 aromatic rings. The Labute approximate surface area is 99.4 Å². The van der Waals surface area contributed by atoms with Gasteiger partial charge in [-0.1, -0.05) is 0 Å². The minimum atomic E-state index is -5.12. The van der Waals surface area contributed by atoms with Crippen LogP contribution >= 0.6 is 15.9 Å². The van der Waals surface area contributed by atoms with Crippen molar-refractivity contribution in [3.8, 4) is 0 Å². The van der Waals surface area contributed by atoms with Crippen LogP contribution in [0.1, 0.15) is 27.9 Å². The molecule has 0 aliphatic carbocycles.